The minimum absolute atomic E-state index is 0.185. The SMILES string of the molecule is CC(C)(C)c1cc(CC=O)cc(Cc2cc(CC=O)cc(C(C)(C)C)c2O)c1O. The molecule has 29 heavy (non-hydrogen) atoms. The maximum absolute atomic E-state index is 11.1. The summed E-state index contributed by atoms with van der Waals surface area (Å²) >= 11 is 0. The summed E-state index contributed by atoms with van der Waals surface area (Å²) in [7, 11) is 0. The maximum Gasteiger partial charge on any atom is 0.124 e. The van der Waals surface area contributed by atoms with E-state index in [1.54, 1.807) is 0 Å². The average Bonchev–Trinajstić information content (AvgIpc) is 2.58. The molecule has 4 heteroatoms. The van der Waals surface area contributed by atoms with Gasteiger partial charge in [-0.15, -0.1) is 0 Å². The van der Waals surface area contributed by atoms with E-state index < -0.39 is 0 Å². The van der Waals surface area contributed by atoms with Crippen LogP contribution in [0.2, 0.25) is 0 Å². The Morgan fingerprint density at radius 2 is 1.03 bits per heavy atom. The Kier molecular flexibility index (Phi) is 6.56. The van der Waals surface area contributed by atoms with Gasteiger partial charge in [-0.1, -0.05) is 65.8 Å². The fraction of sp³-hybridized carbons (Fsp3) is 0.440. The van der Waals surface area contributed by atoms with E-state index >= 15 is 0 Å². The summed E-state index contributed by atoms with van der Waals surface area (Å²) in [5, 5.41) is 21.9. The van der Waals surface area contributed by atoms with Gasteiger partial charge in [0.05, 0.1) is 0 Å². The number of phenolic OH excluding ortho intramolecular Hbond substituents is 2. The van der Waals surface area contributed by atoms with Gasteiger partial charge in [0.25, 0.3) is 0 Å². The molecule has 0 aliphatic carbocycles. The number of hydrogen-bond acceptors (Lipinski definition) is 4. The van der Waals surface area contributed by atoms with E-state index in [0.29, 0.717) is 17.5 Å². The Hall–Kier alpha value is -2.62. The van der Waals surface area contributed by atoms with Gasteiger partial charge in [-0.3, -0.25) is 0 Å². The Bertz CT molecular complexity index is 836. The second-order valence-corrected chi connectivity index (χ2v) is 9.72. The molecule has 0 fully saturated rings. The van der Waals surface area contributed by atoms with Gasteiger partial charge in [0.15, 0.2) is 0 Å². The quantitative estimate of drug-likeness (QED) is 0.690. The zero-order valence-corrected chi connectivity index (χ0v) is 18.3. The molecule has 2 rings (SSSR count). The molecule has 156 valence electrons. The molecule has 0 aliphatic rings. The van der Waals surface area contributed by atoms with Crippen LogP contribution in [-0.2, 0) is 39.7 Å². The smallest absolute Gasteiger partial charge is 0.124 e. The van der Waals surface area contributed by atoms with Gasteiger partial charge in [0.1, 0.15) is 24.1 Å². The first-order valence-electron chi connectivity index (χ1n) is 9.96. The van der Waals surface area contributed by atoms with Crippen LogP contribution in [0.1, 0.15) is 74.9 Å². The largest absolute Gasteiger partial charge is 0.507 e. The number of carbonyl (C=O) groups excluding carboxylic acids is 2. The van der Waals surface area contributed by atoms with Crippen molar-refractivity contribution >= 4 is 12.6 Å². The number of benzene rings is 2. The molecular formula is C25H32O4. The molecule has 2 N–H and O–H groups in total. The minimum Gasteiger partial charge on any atom is -0.507 e. The zero-order valence-electron chi connectivity index (χ0n) is 18.3. The predicted octanol–water partition coefficient (Wildman–Crippen LogP) is 4.77. The fourth-order valence-electron chi connectivity index (χ4n) is 3.57. The molecule has 0 atom stereocenters. The summed E-state index contributed by atoms with van der Waals surface area (Å²) in [6.07, 6.45) is 2.54. The molecule has 0 aromatic heterocycles. The van der Waals surface area contributed by atoms with Crippen molar-refractivity contribution in [3.8, 4) is 11.5 Å². The molecule has 0 amide bonds. The number of phenols is 2. The lowest BCUT2D eigenvalue weighted by Gasteiger charge is -2.25. The first-order valence-corrected chi connectivity index (χ1v) is 9.96. The molecule has 2 aromatic rings. The lowest BCUT2D eigenvalue weighted by Crippen LogP contribution is -2.14. The van der Waals surface area contributed by atoms with E-state index in [1.807, 2.05) is 65.8 Å². The predicted molar refractivity (Wildman–Crippen MR) is 116 cm³/mol. The van der Waals surface area contributed by atoms with Crippen LogP contribution < -0.4 is 0 Å². The molecule has 0 saturated heterocycles. The van der Waals surface area contributed by atoms with Crippen LogP contribution in [0.15, 0.2) is 24.3 Å². The lowest BCUT2D eigenvalue weighted by molar-refractivity contribution is -0.108. The third-order valence-electron chi connectivity index (χ3n) is 5.13. The Balaban J connectivity index is 2.66. The van der Waals surface area contributed by atoms with Crippen LogP contribution >= 0.6 is 0 Å². The number of aldehydes is 2. The van der Waals surface area contributed by atoms with Crippen molar-refractivity contribution in [1.29, 1.82) is 0 Å². The van der Waals surface area contributed by atoms with Gasteiger partial charge in [0, 0.05) is 19.3 Å². The number of hydrogen-bond donors (Lipinski definition) is 2. The Morgan fingerprint density at radius 1 is 0.690 bits per heavy atom. The molecule has 0 aliphatic heterocycles. The average molecular weight is 397 g/mol. The lowest BCUT2D eigenvalue weighted by atomic mass is 9.81. The number of aromatic hydroxyl groups is 2. The van der Waals surface area contributed by atoms with Gasteiger partial charge in [-0.2, -0.15) is 0 Å². The van der Waals surface area contributed by atoms with Crippen LogP contribution in [0.3, 0.4) is 0 Å². The fourth-order valence-corrected chi connectivity index (χ4v) is 3.57. The Morgan fingerprint density at radius 3 is 1.31 bits per heavy atom. The van der Waals surface area contributed by atoms with E-state index in [9.17, 15) is 19.8 Å². The monoisotopic (exact) mass is 396 g/mol. The third-order valence-corrected chi connectivity index (χ3v) is 5.13. The number of carbonyl (C=O) groups is 2. The van der Waals surface area contributed by atoms with Gasteiger partial charge < -0.3 is 19.8 Å². The zero-order chi connectivity index (χ0) is 22.0. The summed E-state index contributed by atoms with van der Waals surface area (Å²) < 4.78 is 0. The minimum atomic E-state index is -0.296. The van der Waals surface area contributed by atoms with Gasteiger partial charge in [-0.05, 0) is 44.2 Å². The topological polar surface area (TPSA) is 74.6 Å². The highest BCUT2D eigenvalue weighted by Crippen LogP contribution is 2.39. The number of rotatable bonds is 6. The molecule has 0 saturated carbocycles. The summed E-state index contributed by atoms with van der Waals surface area (Å²) in [5.41, 5.74) is 3.93. The van der Waals surface area contributed by atoms with Crippen molar-refractivity contribution in [2.45, 2.75) is 71.6 Å². The van der Waals surface area contributed by atoms with E-state index in [2.05, 4.69) is 0 Å². The highest BCUT2D eigenvalue weighted by Gasteiger charge is 2.24. The van der Waals surface area contributed by atoms with Gasteiger partial charge in [0.2, 0.25) is 0 Å². The van der Waals surface area contributed by atoms with E-state index in [1.165, 1.54) is 0 Å². The van der Waals surface area contributed by atoms with E-state index in [4.69, 9.17) is 0 Å². The second-order valence-electron chi connectivity index (χ2n) is 9.72. The molecule has 4 nitrogen and oxygen atoms in total. The Labute approximate surface area is 173 Å². The van der Waals surface area contributed by atoms with E-state index in [-0.39, 0.29) is 35.2 Å². The van der Waals surface area contributed by atoms with Crippen LogP contribution in [-0.4, -0.2) is 22.8 Å². The van der Waals surface area contributed by atoms with Crippen LogP contribution in [0.5, 0.6) is 11.5 Å². The van der Waals surface area contributed by atoms with Crippen molar-refractivity contribution in [2.75, 3.05) is 0 Å². The van der Waals surface area contributed by atoms with Crippen LogP contribution in [0.4, 0.5) is 0 Å². The normalized spacial score (nSPS) is 12.1. The maximum atomic E-state index is 11.1. The summed E-state index contributed by atoms with van der Waals surface area (Å²) in [4.78, 5) is 22.2. The highest BCUT2D eigenvalue weighted by molar-refractivity contribution is 5.60. The molecule has 0 unspecified atom stereocenters. The van der Waals surface area contributed by atoms with E-state index in [0.717, 1.165) is 34.8 Å². The first kappa shape index (κ1) is 22.7. The van der Waals surface area contributed by atoms with Crippen molar-refractivity contribution < 1.29 is 19.8 Å². The van der Waals surface area contributed by atoms with Gasteiger partial charge >= 0.3 is 0 Å². The summed E-state index contributed by atoms with van der Waals surface area (Å²) in [5.74, 6) is 0.370. The first-order chi connectivity index (χ1) is 13.4. The highest BCUT2D eigenvalue weighted by atomic mass is 16.3. The summed E-state index contributed by atoms with van der Waals surface area (Å²) in [6, 6.07) is 7.39. The third kappa shape index (κ3) is 5.26. The van der Waals surface area contributed by atoms with Crippen molar-refractivity contribution in [3.63, 3.8) is 0 Å². The van der Waals surface area contributed by atoms with Crippen molar-refractivity contribution in [2.24, 2.45) is 0 Å². The van der Waals surface area contributed by atoms with Crippen molar-refractivity contribution in [1.82, 2.24) is 0 Å². The molecule has 0 radical (unpaired) electrons. The van der Waals surface area contributed by atoms with Crippen molar-refractivity contribution in [3.05, 3.63) is 57.6 Å². The molecule has 0 spiro atoms. The standard InChI is InChI=1S/C25H32O4/c1-24(2,3)20-13-16(7-9-26)11-18(22(20)28)15-19-12-17(8-10-27)14-21(23(19)29)25(4,5)6/h9-14,28-29H,7-8,15H2,1-6H3. The molecule has 2 aromatic carbocycles. The second kappa shape index (κ2) is 8.40. The molecule has 0 heterocycles. The molecule has 0 bridgehead atoms. The van der Waals surface area contributed by atoms with Crippen LogP contribution in [0, 0.1) is 0 Å². The van der Waals surface area contributed by atoms with Gasteiger partial charge in [-0.25, -0.2) is 0 Å². The molecular weight excluding hydrogens is 364 g/mol. The van der Waals surface area contributed by atoms with Crippen LogP contribution in [0.25, 0.3) is 0 Å². The summed E-state index contributed by atoms with van der Waals surface area (Å²) in [6.45, 7) is 12.1.